The molecule has 3 atom stereocenters. The third-order valence-electron chi connectivity index (χ3n) is 4.63. The number of epoxide rings is 1. The summed E-state index contributed by atoms with van der Waals surface area (Å²) < 4.78 is 11.4. The first-order chi connectivity index (χ1) is 8.53. The zero-order valence-corrected chi connectivity index (χ0v) is 11.7. The van der Waals surface area contributed by atoms with Crippen molar-refractivity contribution in [1.29, 1.82) is 0 Å². The number of hydrogen-bond donors (Lipinski definition) is 0. The van der Waals surface area contributed by atoms with E-state index in [0.29, 0.717) is 12.0 Å². The normalized spacial score (nSPS) is 34.0. The Morgan fingerprint density at radius 1 is 1.33 bits per heavy atom. The quantitative estimate of drug-likeness (QED) is 0.706. The third-order valence-corrected chi connectivity index (χ3v) is 4.63. The summed E-state index contributed by atoms with van der Waals surface area (Å²) in [5, 5.41) is 0. The Kier molecular flexibility index (Phi) is 2.67. The first-order valence-electron chi connectivity index (χ1n) is 6.89. The summed E-state index contributed by atoms with van der Waals surface area (Å²) in [6.45, 7) is 6.69. The molecular formula is C16H22O2. The van der Waals surface area contributed by atoms with Crippen LogP contribution < -0.4 is 4.74 Å². The molecule has 2 nitrogen and oxygen atoms in total. The molecule has 1 saturated heterocycles. The van der Waals surface area contributed by atoms with Crippen molar-refractivity contribution < 1.29 is 9.47 Å². The largest absolute Gasteiger partial charge is 0.496 e. The SMILES string of the molecule is COc1cc2c(cc1C)CC1(C)OC1CCC2C. The molecule has 18 heavy (non-hydrogen) atoms. The molecule has 1 heterocycles. The van der Waals surface area contributed by atoms with E-state index in [9.17, 15) is 0 Å². The minimum atomic E-state index is 0.0932. The van der Waals surface area contributed by atoms with Gasteiger partial charge in [0.1, 0.15) is 5.75 Å². The fraction of sp³-hybridized carbons (Fsp3) is 0.625. The number of benzene rings is 1. The van der Waals surface area contributed by atoms with Gasteiger partial charge in [0.2, 0.25) is 0 Å². The number of ether oxygens (including phenoxy) is 2. The Labute approximate surface area is 109 Å². The molecule has 0 amide bonds. The van der Waals surface area contributed by atoms with Crippen molar-refractivity contribution in [2.24, 2.45) is 0 Å². The second-order valence-corrected chi connectivity index (χ2v) is 6.09. The predicted octanol–water partition coefficient (Wildman–Crippen LogP) is 3.60. The van der Waals surface area contributed by atoms with Crippen molar-refractivity contribution in [2.75, 3.05) is 7.11 Å². The van der Waals surface area contributed by atoms with Gasteiger partial charge in [-0.05, 0) is 55.4 Å². The van der Waals surface area contributed by atoms with Crippen LogP contribution >= 0.6 is 0 Å². The van der Waals surface area contributed by atoms with E-state index in [0.717, 1.165) is 12.2 Å². The van der Waals surface area contributed by atoms with E-state index in [1.807, 2.05) is 0 Å². The van der Waals surface area contributed by atoms with E-state index < -0.39 is 0 Å². The Balaban J connectivity index is 2.05. The molecule has 1 aliphatic heterocycles. The standard InChI is InChI=1S/C16H22O2/c1-10-5-6-15-16(3,18-15)9-12-7-11(2)14(17-4)8-13(10)12/h7-8,10,15H,5-6,9H2,1-4H3. The molecule has 0 saturated carbocycles. The van der Waals surface area contributed by atoms with E-state index in [-0.39, 0.29) is 5.60 Å². The predicted molar refractivity (Wildman–Crippen MR) is 72.4 cm³/mol. The number of aryl methyl sites for hydroxylation is 1. The molecule has 0 N–H and O–H groups in total. The first kappa shape index (κ1) is 12.0. The van der Waals surface area contributed by atoms with Crippen LogP contribution in [0, 0.1) is 6.92 Å². The molecule has 1 aromatic carbocycles. The highest BCUT2D eigenvalue weighted by Crippen LogP contribution is 2.47. The van der Waals surface area contributed by atoms with Gasteiger partial charge in [0.05, 0.1) is 18.8 Å². The van der Waals surface area contributed by atoms with Gasteiger partial charge in [-0.1, -0.05) is 13.0 Å². The van der Waals surface area contributed by atoms with Gasteiger partial charge in [-0.15, -0.1) is 0 Å². The second-order valence-electron chi connectivity index (χ2n) is 6.09. The number of rotatable bonds is 1. The van der Waals surface area contributed by atoms with Crippen molar-refractivity contribution in [2.45, 2.75) is 57.7 Å². The van der Waals surface area contributed by atoms with Gasteiger partial charge in [0.25, 0.3) is 0 Å². The Morgan fingerprint density at radius 3 is 2.83 bits per heavy atom. The molecule has 0 bridgehead atoms. The Bertz CT molecular complexity index is 480. The highest BCUT2D eigenvalue weighted by atomic mass is 16.6. The average molecular weight is 246 g/mol. The fourth-order valence-electron chi connectivity index (χ4n) is 3.34. The van der Waals surface area contributed by atoms with E-state index >= 15 is 0 Å². The van der Waals surface area contributed by atoms with Crippen LogP contribution in [0.1, 0.15) is 49.3 Å². The zero-order chi connectivity index (χ0) is 12.9. The average Bonchev–Trinajstić information content (AvgIpc) is 2.95. The lowest BCUT2D eigenvalue weighted by Crippen LogP contribution is -2.19. The molecular weight excluding hydrogens is 224 g/mol. The molecule has 2 aliphatic rings. The summed E-state index contributed by atoms with van der Waals surface area (Å²) in [6, 6.07) is 4.53. The summed E-state index contributed by atoms with van der Waals surface area (Å²) in [5.74, 6) is 1.61. The van der Waals surface area contributed by atoms with E-state index in [1.54, 1.807) is 7.11 Å². The zero-order valence-electron chi connectivity index (χ0n) is 11.7. The monoisotopic (exact) mass is 246 g/mol. The van der Waals surface area contributed by atoms with Gasteiger partial charge in [-0.2, -0.15) is 0 Å². The molecule has 2 heteroatoms. The third kappa shape index (κ3) is 1.83. The van der Waals surface area contributed by atoms with Crippen molar-refractivity contribution in [3.05, 3.63) is 28.8 Å². The second kappa shape index (κ2) is 3.99. The molecule has 0 radical (unpaired) electrons. The number of hydrogen-bond acceptors (Lipinski definition) is 2. The summed E-state index contributed by atoms with van der Waals surface area (Å²) in [5.41, 5.74) is 4.22. The summed E-state index contributed by atoms with van der Waals surface area (Å²) in [7, 11) is 1.75. The van der Waals surface area contributed by atoms with E-state index in [2.05, 4.69) is 32.9 Å². The lowest BCUT2D eigenvalue weighted by atomic mass is 9.82. The maximum Gasteiger partial charge on any atom is 0.122 e. The smallest absolute Gasteiger partial charge is 0.122 e. The van der Waals surface area contributed by atoms with Crippen molar-refractivity contribution >= 4 is 0 Å². The van der Waals surface area contributed by atoms with Gasteiger partial charge in [-0.3, -0.25) is 0 Å². The molecule has 1 fully saturated rings. The number of fused-ring (bicyclic) bond motifs is 2. The molecule has 3 unspecified atom stereocenters. The molecule has 1 aromatic rings. The van der Waals surface area contributed by atoms with Crippen molar-refractivity contribution in [1.82, 2.24) is 0 Å². The number of methoxy groups -OCH3 is 1. The minimum Gasteiger partial charge on any atom is -0.496 e. The Morgan fingerprint density at radius 2 is 2.11 bits per heavy atom. The molecule has 3 rings (SSSR count). The minimum absolute atomic E-state index is 0.0932. The van der Waals surface area contributed by atoms with E-state index in [4.69, 9.17) is 9.47 Å². The lowest BCUT2D eigenvalue weighted by Gasteiger charge is -2.22. The van der Waals surface area contributed by atoms with Gasteiger partial charge in [-0.25, -0.2) is 0 Å². The van der Waals surface area contributed by atoms with Crippen molar-refractivity contribution in [3.8, 4) is 5.75 Å². The summed E-state index contributed by atoms with van der Waals surface area (Å²) >= 11 is 0. The van der Waals surface area contributed by atoms with Gasteiger partial charge >= 0.3 is 0 Å². The molecule has 1 aliphatic carbocycles. The lowest BCUT2D eigenvalue weighted by molar-refractivity contribution is 0.304. The van der Waals surface area contributed by atoms with Crippen molar-refractivity contribution in [3.63, 3.8) is 0 Å². The van der Waals surface area contributed by atoms with Gasteiger partial charge < -0.3 is 9.47 Å². The van der Waals surface area contributed by atoms with Crippen LogP contribution in [0.15, 0.2) is 12.1 Å². The first-order valence-corrected chi connectivity index (χ1v) is 6.89. The molecule has 0 aromatic heterocycles. The Hall–Kier alpha value is -1.02. The van der Waals surface area contributed by atoms with Crippen LogP contribution in [-0.4, -0.2) is 18.8 Å². The van der Waals surface area contributed by atoms with Crippen LogP contribution in [0.4, 0.5) is 0 Å². The van der Waals surface area contributed by atoms with Crippen LogP contribution in [0.25, 0.3) is 0 Å². The fourth-order valence-corrected chi connectivity index (χ4v) is 3.34. The van der Waals surface area contributed by atoms with Crippen LogP contribution in [-0.2, 0) is 11.2 Å². The van der Waals surface area contributed by atoms with Crippen LogP contribution in [0.3, 0.4) is 0 Å². The maximum atomic E-state index is 5.90. The highest BCUT2D eigenvalue weighted by Gasteiger charge is 2.52. The van der Waals surface area contributed by atoms with E-state index in [1.165, 1.54) is 29.5 Å². The summed E-state index contributed by atoms with van der Waals surface area (Å²) in [4.78, 5) is 0. The maximum absolute atomic E-state index is 5.90. The van der Waals surface area contributed by atoms with Gasteiger partial charge in [0.15, 0.2) is 0 Å². The van der Waals surface area contributed by atoms with Crippen LogP contribution in [0.5, 0.6) is 5.75 Å². The topological polar surface area (TPSA) is 21.8 Å². The van der Waals surface area contributed by atoms with Gasteiger partial charge in [0, 0.05) is 6.42 Å². The highest BCUT2D eigenvalue weighted by molar-refractivity contribution is 5.45. The van der Waals surface area contributed by atoms with Crippen LogP contribution in [0.2, 0.25) is 0 Å². The summed E-state index contributed by atoms with van der Waals surface area (Å²) in [6.07, 6.45) is 3.92. The molecule has 98 valence electrons. The molecule has 0 spiro atoms.